The molecule has 2 aliphatic heterocycles. The molecule has 1 aromatic rings. The van der Waals surface area contributed by atoms with Gasteiger partial charge in [-0.05, 0) is 38.8 Å². The number of ether oxygens (including phenoxy) is 2. The quantitative estimate of drug-likeness (QED) is 0.830. The van der Waals surface area contributed by atoms with Gasteiger partial charge in [-0.1, -0.05) is 12.1 Å². The van der Waals surface area contributed by atoms with Crippen molar-refractivity contribution in [2.75, 3.05) is 26.2 Å². The highest BCUT2D eigenvalue weighted by Gasteiger charge is 2.42. The van der Waals surface area contributed by atoms with Gasteiger partial charge in [-0.3, -0.25) is 9.59 Å². The Balaban J connectivity index is 1.37. The fourth-order valence-corrected chi connectivity index (χ4v) is 3.86. The van der Waals surface area contributed by atoms with Crippen LogP contribution in [0.5, 0.6) is 11.5 Å². The maximum Gasteiger partial charge on any atom is 0.227 e. The molecule has 140 valence electrons. The molecule has 6 heteroatoms. The first kappa shape index (κ1) is 17.2. The van der Waals surface area contributed by atoms with E-state index in [-0.39, 0.29) is 35.8 Å². The van der Waals surface area contributed by atoms with Crippen LogP contribution in [0.15, 0.2) is 24.3 Å². The summed E-state index contributed by atoms with van der Waals surface area (Å²) in [6.07, 6.45) is 2.03. The second kappa shape index (κ2) is 6.49. The van der Waals surface area contributed by atoms with Gasteiger partial charge in [-0.25, -0.2) is 0 Å². The zero-order valence-electron chi connectivity index (χ0n) is 15.4. The Hall–Kier alpha value is -2.24. The molecule has 0 radical (unpaired) electrons. The minimum absolute atomic E-state index is 0.0569. The lowest BCUT2D eigenvalue weighted by atomic mass is 9.97. The van der Waals surface area contributed by atoms with E-state index in [2.05, 4.69) is 0 Å². The molecule has 0 N–H and O–H groups in total. The molecule has 4 rings (SSSR count). The summed E-state index contributed by atoms with van der Waals surface area (Å²) in [6.45, 7) is 6.24. The number of carbonyl (C=O) groups is 2. The molecule has 26 heavy (non-hydrogen) atoms. The Bertz CT molecular complexity index is 714. The molecule has 0 aromatic heterocycles. The average Bonchev–Trinajstić information content (AvgIpc) is 3.45. The van der Waals surface area contributed by atoms with Crippen LogP contribution in [0.25, 0.3) is 0 Å². The Morgan fingerprint density at radius 1 is 1.15 bits per heavy atom. The van der Waals surface area contributed by atoms with Gasteiger partial charge in [0.2, 0.25) is 11.8 Å². The number of carbonyl (C=O) groups excluding carboxylic acids is 2. The van der Waals surface area contributed by atoms with Crippen molar-refractivity contribution in [3.8, 4) is 11.5 Å². The molecule has 1 atom stereocenters. The predicted octanol–water partition coefficient (Wildman–Crippen LogP) is 2.08. The summed E-state index contributed by atoms with van der Waals surface area (Å²) in [6, 6.07) is 7.52. The number of fused-ring (bicyclic) bond motifs is 1. The van der Waals surface area contributed by atoms with Crippen LogP contribution in [-0.2, 0) is 9.59 Å². The van der Waals surface area contributed by atoms with Gasteiger partial charge >= 0.3 is 0 Å². The number of para-hydroxylation sites is 2. The van der Waals surface area contributed by atoms with E-state index in [1.807, 2.05) is 47.9 Å². The summed E-state index contributed by atoms with van der Waals surface area (Å²) >= 11 is 0. The minimum atomic E-state index is -0.368. The molecule has 1 unspecified atom stereocenters. The largest absolute Gasteiger partial charge is 0.486 e. The van der Waals surface area contributed by atoms with E-state index < -0.39 is 0 Å². The van der Waals surface area contributed by atoms with Gasteiger partial charge in [-0.2, -0.15) is 0 Å². The van der Waals surface area contributed by atoms with Crippen LogP contribution >= 0.6 is 0 Å². The Morgan fingerprint density at radius 2 is 1.88 bits per heavy atom. The van der Waals surface area contributed by atoms with Crippen molar-refractivity contribution < 1.29 is 19.1 Å². The number of benzene rings is 1. The number of hydrogen-bond acceptors (Lipinski definition) is 4. The summed E-state index contributed by atoms with van der Waals surface area (Å²) in [4.78, 5) is 29.1. The van der Waals surface area contributed by atoms with Crippen molar-refractivity contribution in [2.45, 2.75) is 44.8 Å². The highest BCUT2D eigenvalue weighted by Crippen LogP contribution is 2.34. The number of amides is 2. The van der Waals surface area contributed by atoms with Crippen molar-refractivity contribution in [1.82, 2.24) is 9.80 Å². The van der Waals surface area contributed by atoms with Crippen LogP contribution in [0.2, 0.25) is 0 Å². The third-order valence-corrected chi connectivity index (χ3v) is 5.41. The van der Waals surface area contributed by atoms with Crippen LogP contribution < -0.4 is 9.47 Å². The van der Waals surface area contributed by atoms with Gasteiger partial charge in [0.1, 0.15) is 12.7 Å². The zero-order chi connectivity index (χ0) is 18.3. The number of rotatable bonds is 3. The maximum absolute atomic E-state index is 12.9. The molecule has 2 heterocycles. The normalized spacial score (nSPS) is 24.3. The van der Waals surface area contributed by atoms with E-state index in [1.165, 1.54) is 0 Å². The van der Waals surface area contributed by atoms with Crippen molar-refractivity contribution >= 4 is 11.8 Å². The molecule has 2 fully saturated rings. The average molecular weight is 358 g/mol. The second-order valence-corrected chi connectivity index (χ2v) is 8.09. The van der Waals surface area contributed by atoms with Crippen LogP contribution in [-0.4, -0.2) is 59.5 Å². The highest BCUT2D eigenvalue weighted by atomic mass is 16.6. The fraction of sp³-hybridized carbons (Fsp3) is 0.600. The van der Waals surface area contributed by atoms with Gasteiger partial charge in [0.25, 0.3) is 0 Å². The Kier molecular flexibility index (Phi) is 4.29. The highest BCUT2D eigenvalue weighted by molar-refractivity contribution is 5.82. The summed E-state index contributed by atoms with van der Waals surface area (Å²) in [7, 11) is 0. The van der Waals surface area contributed by atoms with Crippen LogP contribution in [0.3, 0.4) is 0 Å². The number of hydrogen-bond donors (Lipinski definition) is 0. The predicted molar refractivity (Wildman–Crippen MR) is 96.1 cm³/mol. The number of piperazine rings is 1. The lowest BCUT2D eigenvalue weighted by Crippen LogP contribution is -2.62. The SMILES string of the molecule is CC1(C)CN(C(=O)C2CC2)CCN1C(=O)CC1COc2ccccc2O1. The topological polar surface area (TPSA) is 59.1 Å². The van der Waals surface area contributed by atoms with Crippen LogP contribution in [0.4, 0.5) is 0 Å². The molecule has 1 aromatic carbocycles. The molecule has 1 aliphatic carbocycles. The van der Waals surface area contributed by atoms with E-state index >= 15 is 0 Å². The monoisotopic (exact) mass is 358 g/mol. The molecule has 1 saturated heterocycles. The van der Waals surface area contributed by atoms with Crippen molar-refractivity contribution in [3.05, 3.63) is 24.3 Å². The summed E-state index contributed by atoms with van der Waals surface area (Å²) < 4.78 is 11.6. The first-order valence-electron chi connectivity index (χ1n) is 9.42. The summed E-state index contributed by atoms with van der Waals surface area (Å²) in [5, 5.41) is 0. The minimum Gasteiger partial charge on any atom is -0.486 e. The fourth-order valence-electron chi connectivity index (χ4n) is 3.86. The molecular weight excluding hydrogens is 332 g/mol. The maximum atomic E-state index is 12.9. The van der Waals surface area contributed by atoms with Crippen molar-refractivity contribution in [2.24, 2.45) is 5.92 Å². The summed E-state index contributed by atoms with van der Waals surface area (Å²) in [5.74, 6) is 1.95. The Morgan fingerprint density at radius 3 is 2.58 bits per heavy atom. The van der Waals surface area contributed by atoms with E-state index in [1.54, 1.807) is 0 Å². The zero-order valence-corrected chi connectivity index (χ0v) is 15.4. The van der Waals surface area contributed by atoms with Crippen LogP contribution in [0.1, 0.15) is 33.1 Å². The molecule has 0 spiro atoms. The molecular formula is C20H26N2O4. The smallest absolute Gasteiger partial charge is 0.227 e. The third kappa shape index (κ3) is 3.37. The van der Waals surface area contributed by atoms with E-state index in [0.717, 1.165) is 18.6 Å². The molecule has 6 nitrogen and oxygen atoms in total. The molecule has 0 bridgehead atoms. The van der Waals surface area contributed by atoms with Gasteiger partial charge in [-0.15, -0.1) is 0 Å². The molecule has 2 amide bonds. The van der Waals surface area contributed by atoms with Gasteiger partial charge in [0.15, 0.2) is 11.5 Å². The van der Waals surface area contributed by atoms with Gasteiger partial charge in [0.05, 0.1) is 12.0 Å². The first-order chi connectivity index (χ1) is 12.4. The molecule has 3 aliphatic rings. The van der Waals surface area contributed by atoms with Crippen LogP contribution in [0, 0.1) is 5.92 Å². The van der Waals surface area contributed by atoms with E-state index in [0.29, 0.717) is 32.0 Å². The Labute approximate surface area is 154 Å². The van der Waals surface area contributed by atoms with Gasteiger partial charge in [0, 0.05) is 25.6 Å². The van der Waals surface area contributed by atoms with Crippen molar-refractivity contribution in [3.63, 3.8) is 0 Å². The summed E-state index contributed by atoms with van der Waals surface area (Å²) in [5.41, 5.74) is -0.368. The lowest BCUT2D eigenvalue weighted by molar-refractivity contribution is -0.149. The molecule has 1 saturated carbocycles. The number of nitrogens with zero attached hydrogens (tertiary/aromatic N) is 2. The third-order valence-electron chi connectivity index (χ3n) is 5.41. The van der Waals surface area contributed by atoms with E-state index in [9.17, 15) is 9.59 Å². The van der Waals surface area contributed by atoms with Gasteiger partial charge < -0.3 is 19.3 Å². The van der Waals surface area contributed by atoms with E-state index in [4.69, 9.17) is 9.47 Å². The second-order valence-electron chi connectivity index (χ2n) is 8.09. The lowest BCUT2D eigenvalue weighted by Gasteiger charge is -2.47. The first-order valence-corrected chi connectivity index (χ1v) is 9.42. The van der Waals surface area contributed by atoms with Crippen molar-refractivity contribution in [1.29, 1.82) is 0 Å². The standard InChI is InChI=1S/C20H26N2O4/c1-20(2)13-21(19(24)14-7-8-14)9-10-22(20)18(23)11-15-12-25-16-5-3-4-6-17(16)26-15/h3-6,14-15H,7-13H2,1-2H3.